The number of Topliss-reactive ketones (excluding diaryl/α,β-unsaturated/α-hetero) is 1. The van der Waals surface area contributed by atoms with Gasteiger partial charge in [0.1, 0.15) is 5.71 Å². The zero-order valence-corrected chi connectivity index (χ0v) is 8.16. The molecule has 1 aliphatic carbocycles. The molecule has 72 valence electrons. The average Bonchev–Trinajstić information content (AvgIpc) is 2.45. The maximum atomic E-state index is 11.6. The molecule has 2 rings (SSSR count). The van der Waals surface area contributed by atoms with Crippen LogP contribution in [0.5, 0.6) is 0 Å². The number of rotatable bonds is 0. The van der Waals surface area contributed by atoms with Crippen molar-refractivity contribution < 1.29 is 10.0 Å². The summed E-state index contributed by atoms with van der Waals surface area (Å²) < 4.78 is 0. The van der Waals surface area contributed by atoms with Gasteiger partial charge in [-0.25, -0.2) is 0 Å². The van der Waals surface area contributed by atoms with E-state index in [1.165, 1.54) is 0 Å². The van der Waals surface area contributed by atoms with Gasteiger partial charge in [0.15, 0.2) is 0 Å². The van der Waals surface area contributed by atoms with Crippen molar-refractivity contribution in [2.75, 3.05) is 0 Å². The van der Waals surface area contributed by atoms with Crippen molar-refractivity contribution in [2.45, 2.75) is 20.3 Å². The first-order valence-electron chi connectivity index (χ1n) is 4.49. The van der Waals surface area contributed by atoms with Crippen molar-refractivity contribution in [1.29, 1.82) is 0 Å². The first-order chi connectivity index (χ1) is 6.63. The largest absolute Gasteiger partial charge is 0.411 e. The molecular formula is C11H11NO2. The summed E-state index contributed by atoms with van der Waals surface area (Å²) in [5.74, 6) is -0.148. The van der Waals surface area contributed by atoms with E-state index < -0.39 is 0 Å². The summed E-state index contributed by atoms with van der Waals surface area (Å²) in [4.78, 5) is 11.6. The summed E-state index contributed by atoms with van der Waals surface area (Å²) in [6, 6.07) is 3.85. The topological polar surface area (TPSA) is 49.7 Å². The lowest BCUT2D eigenvalue weighted by atomic mass is 10.0. The second kappa shape index (κ2) is 2.94. The molecule has 0 aromatic heterocycles. The Balaban J connectivity index is 2.61. The van der Waals surface area contributed by atoms with Gasteiger partial charge in [-0.3, -0.25) is 4.79 Å². The maximum absolute atomic E-state index is 11.6. The Bertz CT molecular complexity index is 447. The Kier molecular flexibility index (Phi) is 1.88. The average molecular weight is 189 g/mol. The molecule has 0 aliphatic heterocycles. The van der Waals surface area contributed by atoms with E-state index in [-0.39, 0.29) is 11.5 Å². The molecule has 0 unspecified atom stereocenters. The van der Waals surface area contributed by atoms with Gasteiger partial charge in [-0.15, -0.1) is 0 Å². The lowest BCUT2D eigenvalue weighted by molar-refractivity contribution is 0.106. The van der Waals surface area contributed by atoms with E-state index in [1.807, 2.05) is 26.0 Å². The standard InChI is InChI=1S/C11H11NO2/c1-6-3-8-5-10(12-14)11(13)9(8)4-7(6)2/h3-4,14H,5H2,1-2H3. The summed E-state index contributed by atoms with van der Waals surface area (Å²) in [5.41, 5.74) is 4.14. The third-order valence-electron chi connectivity index (χ3n) is 2.70. The molecule has 0 radical (unpaired) electrons. The molecule has 0 bridgehead atoms. The normalized spacial score (nSPS) is 17.6. The zero-order valence-electron chi connectivity index (χ0n) is 8.16. The Labute approximate surface area is 82.1 Å². The molecule has 1 N–H and O–H groups in total. The molecule has 3 heteroatoms. The minimum Gasteiger partial charge on any atom is -0.411 e. The number of carbonyl (C=O) groups excluding carboxylic acids is 1. The van der Waals surface area contributed by atoms with Crippen molar-refractivity contribution in [3.05, 3.63) is 34.4 Å². The molecule has 1 aliphatic rings. The SMILES string of the molecule is Cc1cc2c(cc1C)C(=O)C(=NO)C2. The summed E-state index contributed by atoms with van der Waals surface area (Å²) in [5, 5.41) is 11.6. The van der Waals surface area contributed by atoms with Crippen molar-refractivity contribution in [3.63, 3.8) is 0 Å². The van der Waals surface area contributed by atoms with Crippen LogP contribution in [0.15, 0.2) is 17.3 Å². The molecule has 1 aromatic carbocycles. The van der Waals surface area contributed by atoms with Crippen molar-refractivity contribution in [1.82, 2.24) is 0 Å². The molecule has 0 atom stereocenters. The predicted molar refractivity (Wildman–Crippen MR) is 53.2 cm³/mol. The third kappa shape index (κ3) is 1.13. The zero-order chi connectivity index (χ0) is 10.3. The highest BCUT2D eigenvalue weighted by atomic mass is 16.4. The highest BCUT2D eigenvalue weighted by Crippen LogP contribution is 2.23. The second-order valence-corrected chi connectivity index (χ2v) is 3.65. The predicted octanol–water partition coefficient (Wildman–Crippen LogP) is 1.87. The molecule has 0 spiro atoms. The Morgan fingerprint density at radius 2 is 1.93 bits per heavy atom. The molecule has 1 aromatic rings. The lowest BCUT2D eigenvalue weighted by Gasteiger charge is -2.02. The smallest absolute Gasteiger partial charge is 0.211 e. The van der Waals surface area contributed by atoms with Crippen LogP contribution in [-0.4, -0.2) is 16.7 Å². The van der Waals surface area contributed by atoms with E-state index in [0.717, 1.165) is 16.7 Å². The Morgan fingerprint density at radius 3 is 2.57 bits per heavy atom. The van der Waals surface area contributed by atoms with Gasteiger partial charge in [0.05, 0.1) is 0 Å². The van der Waals surface area contributed by atoms with Crippen molar-refractivity contribution >= 4 is 11.5 Å². The van der Waals surface area contributed by atoms with Crippen LogP contribution in [0.4, 0.5) is 0 Å². The molecule has 0 heterocycles. The van der Waals surface area contributed by atoms with Gasteiger partial charge in [0.2, 0.25) is 5.78 Å². The lowest BCUT2D eigenvalue weighted by Crippen LogP contribution is -2.06. The number of fused-ring (bicyclic) bond motifs is 1. The highest BCUT2D eigenvalue weighted by molar-refractivity contribution is 6.49. The summed E-state index contributed by atoms with van der Waals surface area (Å²) >= 11 is 0. The van der Waals surface area contributed by atoms with E-state index in [0.29, 0.717) is 12.0 Å². The van der Waals surface area contributed by atoms with Crippen LogP contribution in [0, 0.1) is 13.8 Å². The van der Waals surface area contributed by atoms with E-state index in [9.17, 15) is 4.79 Å². The van der Waals surface area contributed by atoms with E-state index >= 15 is 0 Å². The van der Waals surface area contributed by atoms with Gasteiger partial charge < -0.3 is 5.21 Å². The highest BCUT2D eigenvalue weighted by Gasteiger charge is 2.27. The molecule has 0 saturated heterocycles. The Morgan fingerprint density at radius 1 is 1.29 bits per heavy atom. The third-order valence-corrected chi connectivity index (χ3v) is 2.70. The first kappa shape index (κ1) is 8.94. The molecular weight excluding hydrogens is 178 g/mol. The monoisotopic (exact) mass is 189 g/mol. The molecule has 0 saturated carbocycles. The number of oxime groups is 1. The fourth-order valence-corrected chi connectivity index (χ4v) is 1.73. The van der Waals surface area contributed by atoms with Crippen LogP contribution in [-0.2, 0) is 6.42 Å². The van der Waals surface area contributed by atoms with Gasteiger partial charge in [-0.05, 0) is 36.6 Å². The van der Waals surface area contributed by atoms with Gasteiger partial charge in [-0.2, -0.15) is 0 Å². The van der Waals surface area contributed by atoms with Crippen molar-refractivity contribution in [3.8, 4) is 0 Å². The second-order valence-electron chi connectivity index (χ2n) is 3.65. The van der Waals surface area contributed by atoms with Crippen LogP contribution in [0.3, 0.4) is 0 Å². The molecule has 0 amide bonds. The van der Waals surface area contributed by atoms with Crippen molar-refractivity contribution in [2.24, 2.45) is 5.16 Å². The summed E-state index contributed by atoms with van der Waals surface area (Å²) in [6.07, 6.45) is 0.450. The van der Waals surface area contributed by atoms with E-state index in [1.54, 1.807) is 0 Å². The van der Waals surface area contributed by atoms with Gasteiger partial charge in [0.25, 0.3) is 0 Å². The van der Waals surface area contributed by atoms with Gasteiger partial charge in [-0.1, -0.05) is 11.2 Å². The van der Waals surface area contributed by atoms with Gasteiger partial charge in [0, 0.05) is 12.0 Å². The number of hydrogen-bond acceptors (Lipinski definition) is 3. The van der Waals surface area contributed by atoms with Crippen LogP contribution in [0.2, 0.25) is 0 Å². The van der Waals surface area contributed by atoms with Gasteiger partial charge >= 0.3 is 0 Å². The Hall–Kier alpha value is -1.64. The van der Waals surface area contributed by atoms with Crippen LogP contribution >= 0.6 is 0 Å². The quantitative estimate of drug-likeness (QED) is 0.500. The first-order valence-corrected chi connectivity index (χ1v) is 4.49. The number of ketones is 1. The molecule has 14 heavy (non-hydrogen) atoms. The number of aryl methyl sites for hydroxylation is 2. The summed E-state index contributed by atoms with van der Waals surface area (Å²) in [6.45, 7) is 3.98. The molecule has 3 nitrogen and oxygen atoms in total. The minimum absolute atomic E-state index is 0.148. The number of nitrogens with zero attached hydrogens (tertiary/aromatic N) is 1. The minimum atomic E-state index is -0.148. The summed E-state index contributed by atoms with van der Waals surface area (Å²) in [7, 11) is 0. The number of carbonyl (C=O) groups is 1. The van der Waals surface area contributed by atoms with Crippen LogP contribution in [0.25, 0.3) is 0 Å². The fourth-order valence-electron chi connectivity index (χ4n) is 1.73. The fraction of sp³-hybridized carbons (Fsp3) is 0.273. The van der Waals surface area contributed by atoms with Crippen LogP contribution in [0.1, 0.15) is 27.0 Å². The molecule has 0 fully saturated rings. The number of benzene rings is 1. The van der Waals surface area contributed by atoms with Crippen LogP contribution < -0.4 is 0 Å². The number of hydrogen-bond donors (Lipinski definition) is 1. The van der Waals surface area contributed by atoms with E-state index in [4.69, 9.17) is 5.21 Å². The van der Waals surface area contributed by atoms with E-state index in [2.05, 4.69) is 5.16 Å². The maximum Gasteiger partial charge on any atom is 0.211 e.